The van der Waals surface area contributed by atoms with E-state index in [0.717, 1.165) is 22.0 Å². The van der Waals surface area contributed by atoms with Crippen molar-refractivity contribution in [1.29, 1.82) is 0 Å². The van der Waals surface area contributed by atoms with E-state index in [0.29, 0.717) is 5.56 Å². The quantitative estimate of drug-likeness (QED) is 0.675. The largest absolute Gasteiger partial charge is 0.480 e. The molecule has 0 aliphatic carbocycles. The normalized spacial score (nSPS) is 12.0. The minimum Gasteiger partial charge on any atom is -0.480 e. The second-order valence-electron chi connectivity index (χ2n) is 5.74. The highest BCUT2D eigenvalue weighted by molar-refractivity contribution is 5.98. The number of hydrogen-bond acceptors (Lipinski definition) is 2. The molecule has 5 heteroatoms. The minimum absolute atomic E-state index is 0.219. The standard InChI is InChI=1S/C19H18N2O3/c1-12-6-2-3-7-14(12)18(22)21-17(19(23)24)10-13-11-20-16-9-5-4-8-15(13)16/h2-9,11,17,20H,10H2,1H3,(H,21,22)(H,23,24). The molecule has 1 heterocycles. The van der Waals surface area contributed by atoms with Crippen molar-refractivity contribution in [1.82, 2.24) is 10.3 Å². The van der Waals surface area contributed by atoms with E-state index in [1.165, 1.54) is 0 Å². The van der Waals surface area contributed by atoms with E-state index in [-0.39, 0.29) is 12.3 Å². The summed E-state index contributed by atoms with van der Waals surface area (Å²) in [5.74, 6) is -1.43. The smallest absolute Gasteiger partial charge is 0.326 e. The van der Waals surface area contributed by atoms with E-state index in [2.05, 4.69) is 10.3 Å². The number of carboxylic acid groups (broad SMARTS) is 1. The summed E-state index contributed by atoms with van der Waals surface area (Å²) in [7, 11) is 0. The number of amides is 1. The van der Waals surface area contributed by atoms with Crippen LogP contribution in [0.25, 0.3) is 10.9 Å². The number of H-pyrrole nitrogens is 1. The molecule has 0 spiro atoms. The number of benzene rings is 2. The third kappa shape index (κ3) is 3.15. The molecule has 1 aromatic heterocycles. The number of aromatic amines is 1. The van der Waals surface area contributed by atoms with Crippen LogP contribution >= 0.6 is 0 Å². The average Bonchev–Trinajstić information content (AvgIpc) is 2.97. The van der Waals surface area contributed by atoms with Gasteiger partial charge in [0.25, 0.3) is 5.91 Å². The number of para-hydroxylation sites is 1. The highest BCUT2D eigenvalue weighted by Gasteiger charge is 2.23. The summed E-state index contributed by atoms with van der Waals surface area (Å²) in [5.41, 5.74) is 3.11. The Morgan fingerprint density at radius 3 is 2.58 bits per heavy atom. The Bertz CT molecular complexity index is 898. The molecular formula is C19H18N2O3. The molecule has 0 radical (unpaired) electrons. The highest BCUT2D eigenvalue weighted by Crippen LogP contribution is 2.19. The van der Waals surface area contributed by atoms with E-state index in [1.54, 1.807) is 18.3 Å². The van der Waals surface area contributed by atoms with Crippen LogP contribution in [-0.4, -0.2) is 28.0 Å². The summed E-state index contributed by atoms with van der Waals surface area (Å²) in [6.07, 6.45) is 2.01. The Kier molecular flexibility index (Phi) is 4.33. The second-order valence-corrected chi connectivity index (χ2v) is 5.74. The molecule has 3 aromatic rings. The van der Waals surface area contributed by atoms with Crippen LogP contribution in [0.15, 0.2) is 54.7 Å². The number of nitrogens with one attached hydrogen (secondary N) is 2. The number of aromatic nitrogens is 1. The first kappa shape index (κ1) is 15.8. The van der Waals surface area contributed by atoms with Crippen molar-refractivity contribution in [2.75, 3.05) is 0 Å². The van der Waals surface area contributed by atoms with Crippen molar-refractivity contribution in [3.63, 3.8) is 0 Å². The van der Waals surface area contributed by atoms with Gasteiger partial charge in [-0.1, -0.05) is 36.4 Å². The number of aliphatic carboxylic acids is 1. The van der Waals surface area contributed by atoms with Crippen LogP contribution in [0.1, 0.15) is 21.5 Å². The first-order chi connectivity index (χ1) is 11.6. The predicted octanol–water partition coefficient (Wildman–Crippen LogP) is 2.90. The molecule has 3 rings (SSSR count). The van der Waals surface area contributed by atoms with Crippen LogP contribution < -0.4 is 5.32 Å². The molecule has 2 aromatic carbocycles. The Balaban J connectivity index is 1.82. The van der Waals surface area contributed by atoms with Gasteiger partial charge in [-0.2, -0.15) is 0 Å². The average molecular weight is 322 g/mol. The van der Waals surface area contributed by atoms with Crippen molar-refractivity contribution in [3.8, 4) is 0 Å². The van der Waals surface area contributed by atoms with Gasteiger partial charge in [0.15, 0.2) is 0 Å². The number of carbonyl (C=O) groups excluding carboxylic acids is 1. The Hall–Kier alpha value is -3.08. The van der Waals surface area contributed by atoms with Gasteiger partial charge in [0, 0.05) is 29.1 Å². The maximum atomic E-state index is 12.4. The molecule has 0 saturated carbocycles. The number of aryl methyl sites for hydroxylation is 1. The first-order valence-electron chi connectivity index (χ1n) is 7.70. The van der Waals surface area contributed by atoms with Crippen molar-refractivity contribution < 1.29 is 14.7 Å². The van der Waals surface area contributed by atoms with Gasteiger partial charge < -0.3 is 15.4 Å². The molecule has 122 valence electrons. The van der Waals surface area contributed by atoms with E-state index >= 15 is 0 Å². The lowest BCUT2D eigenvalue weighted by Gasteiger charge is -2.15. The Morgan fingerprint density at radius 1 is 1.12 bits per heavy atom. The molecule has 5 nitrogen and oxygen atoms in total. The molecule has 0 aliphatic rings. The minimum atomic E-state index is -1.05. The van der Waals surface area contributed by atoms with E-state index in [1.807, 2.05) is 43.3 Å². The summed E-state index contributed by atoms with van der Waals surface area (Å²) in [4.78, 5) is 27.1. The first-order valence-corrected chi connectivity index (χ1v) is 7.70. The SMILES string of the molecule is Cc1ccccc1C(=O)NC(Cc1c[nH]c2ccccc12)C(=O)O. The molecule has 0 saturated heterocycles. The predicted molar refractivity (Wildman–Crippen MR) is 92.1 cm³/mol. The Labute approximate surface area is 139 Å². The zero-order valence-corrected chi connectivity index (χ0v) is 13.2. The molecule has 3 N–H and O–H groups in total. The van der Waals surface area contributed by atoms with Gasteiger partial charge in [0.2, 0.25) is 0 Å². The molecule has 0 fully saturated rings. The molecule has 24 heavy (non-hydrogen) atoms. The molecule has 1 atom stereocenters. The van der Waals surface area contributed by atoms with Crippen molar-refractivity contribution in [2.24, 2.45) is 0 Å². The highest BCUT2D eigenvalue weighted by atomic mass is 16.4. The van der Waals surface area contributed by atoms with Crippen LogP contribution in [0.3, 0.4) is 0 Å². The molecule has 0 aliphatic heterocycles. The third-order valence-electron chi connectivity index (χ3n) is 4.09. The zero-order chi connectivity index (χ0) is 17.1. The lowest BCUT2D eigenvalue weighted by molar-refractivity contribution is -0.139. The monoisotopic (exact) mass is 322 g/mol. The number of hydrogen-bond donors (Lipinski definition) is 3. The van der Waals surface area contributed by atoms with Gasteiger partial charge in [-0.05, 0) is 30.2 Å². The summed E-state index contributed by atoms with van der Waals surface area (Å²) >= 11 is 0. The van der Waals surface area contributed by atoms with Crippen LogP contribution in [0.4, 0.5) is 0 Å². The summed E-state index contributed by atoms with van der Waals surface area (Å²) in [6.45, 7) is 1.82. The van der Waals surface area contributed by atoms with E-state index in [4.69, 9.17) is 0 Å². The zero-order valence-electron chi connectivity index (χ0n) is 13.2. The topological polar surface area (TPSA) is 82.2 Å². The molecular weight excluding hydrogens is 304 g/mol. The van der Waals surface area contributed by atoms with Crippen molar-refractivity contribution in [3.05, 3.63) is 71.4 Å². The molecule has 0 bridgehead atoms. The van der Waals surface area contributed by atoms with Crippen LogP contribution in [0, 0.1) is 6.92 Å². The maximum absolute atomic E-state index is 12.4. The summed E-state index contributed by atoms with van der Waals surface area (Å²) < 4.78 is 0. The van der Waals surface area contributed by atoms with Gasteiger partial charge in [0.05, 0.1) is 0 Å². The van der Waals surface area contributed by atoms with Gasteiger partial charge in [-0.15, -0.1) is 0 Å². The number of carboxylic acids is 1. The van der Waals surface area contributed by atoms with Gasteiger partial charge in [-0.3, -0.25) is 4.79 Å². The maximum Gasteiger partial charge on any atom is 0.326 e. The van der Waals surface area contributed by atoms with E-state index < -0.39 is 12.0 Å². The van der Waals surface area contributed by atoms with E-state index in [9.17, 15) is 14.7 Å². The van der Waals surface area contributed by atoms with Crippen LogP contribution in [0.2, 0.25) is 0 Å². The molecule has 1 unspecified atom stereocenters. The van der Waals surface area contributed by atoms with Crippen LogP contribution in [0.5, 0.6) is 0 Å². The molecule has 1 amide bonds. The number of carbonyl (C=O) groups is 2. The van der Waals surface area contributed by atoms with Crippen molar-refractivity contribution >= 4 is 22.8 Å². The fourth-order valence-electron chi connectivity index (χ4n) is 2.78. The third-order valence-corrected chi connectivity index (χ3v) is 4.09. The van der Waals surface area contributed by atoms with Gasteiger partial charge in [-0.25, -0.2) is 4.79 Å². The number of fused-ring (bicyclic) bond motifs is 1. The Morgan fingerprint density at radius 2 is 1.83 bits per heavy atom. The number of rotatable bonds is 5. The van der Waals surface area contributed by atoms with Crippen molar-refractivity contribution in [2.45, 2.75) is 19.4 Å². The fraction of sp³-hybridized carbons (Fsp3) is 0.158. The lowest BCUT2D eigenvalue weighted by Crippen LogP contribution is -2.42. The summed E-state index contributed by atoms with van der Waals surface area (Å²) in [6, 6.07) is 13.8. The van der Waals surface area contributed by atoms with Crippen LogP contribution in [-0.2, 0) is 11.2 Å². The fourth-order valence-corrected chi connectivity index (χ4v) is 2.78. The van der Waals surface area contributed by atoms with Gasteiger partial charge in [0.1, 0.15) is 6.04 Å². The van der Waals surface area contributed by atoms with Gasteiger partial charge >= 0.3 is 5.97 Å². The summed E-state index contributed by atoms with van der Waals surface area (Å²) in [5, 5.41) is 13.1. The second kappa shape index (κ2) is 6.58. The lowest BCUT2D eigenvalue weighted by atomic mass is 10.0.